The van der Waals surface area contributed by atoms with Crippen molar-refractivity contribution in [3.63, 3.8) is 0 Å². The van der Waals surface area contributed by atoms with E-state index < -0.39 is 0 Å². The molecule has 0 unspecified atom stereocenters. The molecule has 0 spiro atoms. The van der Waals surface area contributed by atoms with Gasteiger partial charge in [-0.1, -0.05) is 92.7 Å². The van der Waals surface area contributed by atoms with Crippen molar-refractivity contribution < 1.29 is 0 Å². The number of halogens is 2. The Hall–Kier alpha value is -3.88. The quantitative estimate of drug-likeness (QED) is 0.117. The molecule has 6 rings (SSSR count). The molecule has 0 bridgehead atoms. The van der Waals surface area contributed by atoms with Crippen LogP contribution in [0.3, 0.4) is 0 Å². The Morgan fingerprint density at radius 1 is 0.422 bits per heavy atom. The molecular weight excluding hydrogens is 774 g/mol. The smallest absolute Gasteiger partial charge is 0.0472 e. The average molecular weight is 813 g/mol. The number of allylic oxidation sites excluding steroid dienone is 1. The first-order valence-electron chi connectivity index (χ1n) is 15.1. The lowest BCUT2D eigenvalue weighted by atomic mass is 10.0. The minimum Gasteiger partial charge on any atom is -0.310 e. The van der Waals surface area contributed by atoms with Crippen LogP contribution < -0.4 is 9.80 Å². The number of anilines is 6. The molecule has 0 aliphatic rings. The first-order valence-corrected chi connectivity index (χ1v) is 17.2. The van der Waals surface area contributed by atoms with Gasteiger partial charge in [0.25, 0.3) is 0 Å². The maximum absolute atomic E-state index is 3.36. The summed E-state index contributed by atoms with van der Waals surface area (Å²) in [6, 6.07) is 55.9. The Balaban J connectivity index is 0.000000871. The number of rotatable bonds is 7. The van der Waals surface area contributed by atoms with E-state index in [-0.39, 0.29) is 0 Å². The summed E-state index contributed by atoms with van der Waals surface area (Å²) in [6.45, 7) is 9.25. The molecule has 4 heteroatoms. The van der Waals surface area contributed by atoms with Crippen molar-refractivity contribution in [2.45, 2.75) is 20.8 Å². The number of hydrogen-bond acceptors (Lipinski definition) is 2. The summed E-state index contributed by atoms with van der Waals surface area (Å²) in [5.41, 5.74) is 9.19. The summed E-state index contributed by atoms with van der Waals surface area (Å²) in [7, 11) is 0. The number of para-hydroxylation sites is 2. The molecule has 45 heavy (non-hydrogen) atoms. The normalized spacial score (nSPS) is 9.98. The lowest BCUT2D eigenvalue weighted by Gasteiger charge is -2.26. The van der Waals surface area contributed by atoms with E-state index in [1.807, 2.05) is 20.8 Å². The standard InChI is InChI=1S/C36H26I2N2.C3H6.C2H6/c37-29-9-7-15-35(25-29)39(31-11-3-1-4-12-31)33-21-17-27(18-22-33)28-19-23-34(24-20-28)40(32-13-5-2-6-14-32)36-16-8-10-30(38)26-36;1-3-2;1-2/h1-26H;3H,1H2,2H3;1-2H3. The molecule has 0 heterocycles. The fourth-order valence-corrected chi connectivity index (χ4v) is 5.94. The van der Waals surface area contributed by atoms with Gasteiger partial charge in [0.05, 0.1) is 0 Å². The number of benzene rings is 6. The van der Waals surface area contributed by atoms with Crippen molar-refractivity contribution >= 4 is 79.3 Å². The molecule has 0 radical (unpaired) electrons. The van der Waals surface area contributed by atoms with E-state index in [0.29, 0.717) is 0 Å². The lowest BCUT2D eigenvalue weighted by Crippen LogP contribution is -2.10. The SMILES string of the molecule is C=CC.CC.Ic1cccc(N(c2ccccc2)c2ccc(-c3ccc(N(c4ccccc4)c4cccc(I)c4)cc3)cc2)c1. The summed E-state index contributed by atoms with van der Waals surface area (Å²) in [4.78, 5) is 4.60. The summed E-state index contributed by atoms with van der Waals surface area (Å²) < 4.78 is 2.42. The predicted molar refractivity (Wildman–Crippen MR) is 214 cm³/mol. The summed E-state index contributed by atoms with van der Waals surface area (Å²) >= 11 is 4.75. The van der Waals surface area contributed by atoms with Crippen LogP contribution in [0.2, 0.25) is 0 Å². The molecule has 226 valence electrons. The van der Waals surface area contributed by atoms with E-state index in [9.17, 15) is 0 Å². The molecule has 0 atom stereocenters. The maximum atomic E-state index is 3.36. The minimum atomic E-state index is 1.13. The van der Waals surface area contributed by atoms with Crippen molar-refractivity contribution in [1.29, 1.82) is 0 Å². The monoisotopic (exact) mass is 812 g/mol. The van der Waals surface area contributed by atoms with Gasteiger partial charge >= 0.3 is 0 Å². The minimum absolute atomic E-state index is 1.13. The zero-order valence-corrected chi connectivity index (χ0v) is 30.3. The first-order chi connectivity index (χ1) is 22.1. The van der Waals surface area contributed by atoms with E-state index in [4.69, 9.17) is 0 Å². The van der Waals surface area contributed by atoms with Gasteiger partial charge in [-0.25, -0.2) is 0 Å². The zero-order chi connectivity index (χ0) is 32.0. The van der Waals surface area contributed by atoms with Gasteiger partial charge in [-0.15, -0.1) is 6.58 Å². The fourth-order valence-electron chi connectivity index (χ4n) is 4.88. The maximum Gasteiger partial charge on any atom is 0.0472 e. The van der Waals surface area contributed by atoms with Gasteiger partial charge in [-0.2, -0.15) is 0 Å². The van der Waals surface area contributed by atoms with Gasteiger partial charge < -0.3 is 9.80 Å². The lowest BCUT2D eigenvalue weighted by molar-refractivity contribution is 1.28. The third-order valence-electron chi connectivity index (χ3n) is 6.75. The van der Waals surface area contributed by atoms with Crippen LogP contribution in [0.4, 0.5) is 34.1 Å². The first kappa shape index (κ1) is 34.0. The zero-order valence-electron chi connectivity index (χ0n) is 25.9. The van der Waals surface area contributed by atoms with Gasteiger partial charge in [-0.3, -0.25) is 0 Å². The van der Waals surface area contributed by atoms with Crippen LogP contribution in [0, 0.1) is 7.14 Å². The van der Waals surface area contributed by atoms with Crippen molar-refractivity contribution in [1.82, 2.24) is 0 Å². The summed E-state index contributed by atoms with van der Waals surface area (Å²) in [5, 5.41) is 0. The molecule has 0 aliphatic heterocycles. The van der Waals surface area contributed by atoms with Crippen LogP contribution in [0.25, 0.3) is 11.1 Å². The van der Waals surface area contributed by atoms with Crippen LogP contribution in [-0.2, 0) is 0 Å². The molecule has 0 amide bonds. The molecule has 0 N–H and O–H groups in total. The van der Waals surface area contributed by atoms with E-state index in [0.717, 1.165) is 34.1 Å². The van der Waals surface area contributed by atoms with Crippen molar-refractivity contribution in [3.8, 4) is 11.1 Å². The molecule has 6 aromatic rings. The summed E-state index contributed by atoms with van der Waals surface area (Å²) in [5.74, 6) is 0. The molecule has 0 aliphatic carbocycles. The second-order valence-corrected chi connectivity index (χ2v) is 12.3. The highest BCUT2D eigenvalue weighted by Gasteiger charge is 2.14. The topological polar surface area (TPSA) is 6.48 Å². The van der Waals surface area contributed by atoms with Gasteiger partial charge in [0.2, 0.25) is 0 Å². The van der Waals surface area contributed by atoms with Gasteiger partial charge in [0.1, 0.15) is 0 Å². The van der Waals surface area contributed by atoms with E-state index in [2.05, 4.69) is 219 Å². The Bertz CT molecular complexity index is 1620. The average Bonchev–Trinajstić information content (AvgIpc) is 3.08. The highest BCUT2D eigenvalue weighted by atomic mass is 127. The van der Waals surface area contributed by atoms with Crippen molar-refractivity contribution in [2.24, 2.45) is 0 Å². The predicted octanol–water partition coefficient (Wildman–Crippen LogP) is 13.7. The molecular formula is C41H38I2N2. The number of nitrogens with zero attached hydrogens (tertiary/aromatic N) is 2. The van der Waals surface area contributed by atoms with Crippen molar-refractivity contribution in [3.05, 3.63) is 178 Å². The second-order valence-electron chi connectivity index (χ2n) is 9.80. The van der Waals surface area contributed by atoms with E-state index in [1.54, 1.807) is 6.08 Å². The molecule has 0 aromatic heterocycles. The highest BCUT2D eigenvalue weighted by molar-refractivity contribution is 14.1. The molecule has 0 fully saturated rings. The third kappa shape index (κ3) is 9.08. The van der Waals surface area contributed by atoms with Gasteiger partial charge in [0.15, 0.2) is 0 Å². The third-order valence-corrected chi connectivity index (χ3v) is 8.09. The molecule has 6 aromatic carbocycles. The van der Waals surface area contributed by atoms with Gasteiger partial charge in [-0.05, 0) is 148 Å². The molecule has 0 saturated heterocycles. The van der Waals surface area contributed by atoms with E-state index >= 15 is 0 Å². The number of hydrogen-bond donors (Lipinski definition) is 0. The van der Waals surface area contributed by atoms with Crippen LogP contribution in [0.5, 0.6) is 0 Å². The van der Waals surface area contributed by atoms with Crippen molar-refractivity contribution in [2.75, 3.05) is 9.80 Å². The molecule has 2 nitrogen and oxygen atoms in total. The second kappa shape index (κ2) is 17.6. The Morgan fingerprint density at radius 3 is 1.02 bits per heavy atom. The van der Waals surface area contributed by atoms with Crippen LogP contribution >= 0.6 is 45.2 Å². The Kier molecular flexibility index (Phi) is 13.3. The Labute approximate surface area is 296 Å². The van der Waals surface area contributed by atoms with Crippen LogP contribution in [0.15, 0.2) is 170 Å². The Morgan fingerprint density at radius 2 is 0.711 bits per heavy atom. The van der Waals surface area contributed by atoms with Gasteiger partial charge in [0, 0.05) is 41.3 Å². The molecule has 0 saturated carbocycles. The van der Waals surface area contributed by atoms with Crippen LogP contribution in [0.1, 0.15) is 20.8 Å². The fraction of sp³-hybridized carbons (Fsp3) is 0.0732. The van der Waals surface area contributed by atoms with E-state index in [1.165, 1.54) is 18.3 Å². The largest absolute Gasteiger partial charge is 0.310 e. The highest BCUT2D eigenvalue weighted by Crippen LogP contribution is 2.38. The summed E-state index contributed by atoms with van der Waals surface area (Å²) in [6.07, 6.45) is 1.75. The van der Waals surface area contributed by atoms with Crippen LogP contribution in [-0.4, -0.2) is 0 Å².